The minimum Gasteiger partial charge on any atom is -0.385 e. The topological polar surface area (TPSA) is 32.3 Å². The van der Waals surface area contributed by atoms with Crippen molar-refractivity contribution in [2.24, 2.45) is 5.92 Å². The van der Waals surface area contributed by atoms with Crippen LogP contribution in [0.5, 0.6) is 0 Å². The highest BCUT2D eigenvalue weighted by Gasteiger charge is 2.27. The number of aryl methyl sites for hydroxylation is 1. The zero-order valence-corrected chi connectivity index (χ0v) is 13.8. The van der Waals surface area contributed by atoms with E-state index in [1.807, 2.05) is 24.1 Å². The van der Waals surface area contributed by atoms with Gasteiger partial charge in [0.15, 0.2) is 0 Å². The molecular formula is C18H28N2O. The van der Waals surface area contributed by atoms with Crippen LogP contribution in [0.25, 0.3) is 0 Å². The van der Waals surface area contributed by atoms with Crippen molar-refractivity contribution in [1.82, 2.24) is 4.90 Å². The minimum atomic E-state index is 0.144. The Hall–Kier alpha value is -1.51. The van der Waals surface area contributed by atoms with Gasteiger partial charge in [-0.05, 0) is 50.3 Å². The monoisotopic (exact) mass is 288 g/mol. The number of carbonyl (C=O) groups is 1. The highest BCUT2D eigenvalue weighted by molar-refractivity contribution is 5.99. The van der Waals surface area contributed by atoms with Crippen LogP contribution in [-0.2, 0) is 0 Å². The van der Waals surface area contributed by atoms with Crippen molar-refractivity contribution >= 4 is 11.6 Å². The van der Waals surface area contributed by atoms with Crippen LogP contribution < -0.4 is 5.32 Å². The molecule has 2 unspecified atom stereocenters. The Kier molecular flexibility index (Phi) is 5.27. The third-order valence-electron chi connectivity index (χ3n) is 4.55. The molecule has 1 aromatic rings. The summed E-state index contributed by atoms with van der Waals surface area (Å²) in [6, 6.07) is 6.43. The maximum absolute atomic E-state index is 12.8. The first-order valence-corrected chi connectivity index (χ1v) is 8.14. The molecule has 1 N–H and O–H groups in total. The van der Waals surface area contributed by atoms with Gasteiger partial charge in [-0.15, -0.1) is 0 Å². The molecule has 116 valence electrons. The number of nitrogens with one attached hydrogen (secondary N) is 1. The Morgan fingerprint density at radius 1 is 1.38 bits per heavy atom. The van der Waals surface area contributed by atoms with Gasteiger partial charge in [0.2, 0.25) is 0 Å². The van der Waals surface area contributed by atoms with Crippen LogP contribution in [0.3, 0.4) is 0 Å². The zero-order valence-electron chi connectivity index (χ0n) is 13.8. The second kappa shape index (κ2) is 6.97. The lowest BCUT2D eigenvalue weighted by molar-refractivity contribution is 0.0673. The predicted octanol–water partition coefficient (Wildman–Crippen LogP) is 4.08. The van der Waals surface area contributed by atoms with E-state index < -0.39 is 0 Å². The molecule has 1 amide bonds. The summed E-state index contributed by atoms with van der Waals surface area (Å²) in [5.74, 6) is 0.871. The molecule has 2 atom stereocenters. The molecule has 2 rings (SSSR count). The van der Waals surface area contributed by atoms with Crippen LogP contribution in [0.15, 0.2) is 18.2 Å². The molecule has 0 spiro atoms. The van der Waals surface area contributed by atoms with Crippen molar-refractivity contribution < 1.29 is 4.79 Å². The molecule has 1 aromatic carbocycles. The second-order valence-electron chi connectivity index (χ2n) is 6.42. The summed E-state index contributed by atoms with van der Waals surface area (Å²) >= 11 is 0. The lowest BCUT2D eigenvalue weighted by Gasteiger charge is -2.34. The lowest BCUT2D eigenvalue weighted by atomic mass is 9.86. The SMILES string of the molecule is CCNc1cc(C)ccc1C(=O)N(C)C1CCCC(C)C1. The normalized spacial score (nSPS) is 21.9. The Bertz CT molecular complexity index is 498. The van der Waals surface area contributed by atoms with Crippen LogP contribution in [-0.4, -0.2) is 30.4 Å². The van der Waals surface area contributed by atoms with Gasteiger partial charge in [-0.3, -0.25) is 4.79 Å². The van der Waals surface area contributed by atoms with Crippen molar-refractivity contribution in [3.63, 3.8) is 0 Å². The van der Waals surface area contributed by atoms with E-state index >= 15 is 0 Å². The number of hydrogen-bond donors (Lipinski definition) is 1. The molecule has 0 heterocycles. The number of amides is 1. The fourth-order valence-electron chi connectivity index (χ4n) is 3.29. The van der Waals surface area contributed by atoms with Gasteiger partial charge >= 0.3 is 0 Å². The van der Waals surface area contributed by atoms with Gasteiger partial charge in [0.05, 0.1) is 5.56 Å². The van der Waals surface area contributed by atoms with Crippen molar-refractivity contribution in [2.45, 2.75) is 52.5 Å². The minimum absolute atomic E-state index is 0.144. The smallest absolute Gasteiger partial charge is 0.255 e. The van der Waals surface area contributed by atoms with Crippen LogP contribution >= 0.6 is 0 Å². The van der Waals surface area contributed by atoms with Crippen LogP contribution in [0.1, 0.15) is 55.5 Å². The van der Waals surface area contributed by atoms with E-state index in [1.165, 1.54) is 18.4 Å². The molecule has 0 aliphatic heterocycles. The van der Waals surface area contributed by atoms with Gasteiger partial charge in [0.25, 0.3) is 5.91 Å². The lowest BCUT2D eigenvalue weighted by Crippen LogP contribution is -2.40. The molecule has 0 saturated heterocycles. The van der Waals surface area contributed by atoms with Gasteiger partial charge in [-0.2, -0.15) is 0 Å². The summed E-state index contributed by atoms with van der Waals surface area (Å²) in [4.78, 5) is 14.8. The van der Waals surface area contributed by atoms with E-state index in [2.05, 4.69) is 32.2 Å². The van der Waals surface area contributed by atoms with Crippen LogP contribution in [0, 0.1) is 12.8 Å². The quantitative estimate of drug-likeness (QED) is 0.905. The average molecular weight is 288 g/mol. The Labute approximate surface area is 128 Å². The average Bonchev–Trinajstić information content (AvgIpc) is 2.46. The van der Waals surface area contributed by atoms with E-state index in [0.717, 1.165) is 36.6 Å². The largest absolute Gasteiger partial charge is 0.385 e. The highest BCUT2D eigenvalue weighted by atomic mass is 16.2. The van der Waals surface area contributed by atoms with Crippen molar-refractivity contribution in [2.75, 3.05) is 18.9 Å². The predicted molar refractivity (Wildman–Crippen MR) is 88.9 cm³/mol. The fourth-order valence-corrected chi connectivity index (χ4v) is 3.29. The van der Waals surface area contributed by atoms with Crippen molar-refractivity contribution in [3.8, 4) is 0 Å². The van der Waals surface area contributed by atoms with Gasteiger partial charge in [0.1, 0.15) is 0 Å². The zero-order chi connectivity index (χ0) is 15.4. The first kappa shape index (κ1) is 15.9. The number of hydrogen-bond acceptors (Lipinski definition) is 2. The van der Waals surface area contributed by atoms with E-state index in [9.17, 15) is 4.79 Å². The van der Waals surface area contributed by atoms with E-state index in [-0.39, 0.29) is 5.91 Å². The molecular weight excluding hydrogens is 260 g/mol. The van der Waals surface area contributed by atoms with E-state index in [0.29, 0.717) is 6.04 Å². The Balaban J connectivity index is 2.18. The molecule has 1 saturated carbocycles. The number of carbonyl (C=O) groups excluding carboxylic acids is 1. The second-order valence-corrected chi connectivity index (χ2v) is 6.42. The summed E-state index contributed by atoms with van der Waals surface area (Å²) in [6.45, 7) is 7.24. The van der Waals surface area contributed by atoms with Gasteiger partial charge in [-0.1, -0.05) is 25.8 Å². The van der Waals surface area contributed by atoms with Crippen LogP contribution in [0.2, 0.25) is 0 Å². The fraction of sp³-hybridized carbons (Fsp3) is 0.611. The van der Waals surface area contributed by atoms with Crippen molar-refractivity contribution in [1.29, 1.82) is 0 Å². The van der Waals surface area contributed by atoms with Gasteiger partial charge in [0, 0.05) is 25.3 Å². The first-order valence-electron chi connectivity index (χ1n) is 8.14. The third-order valence-corrected chi connectivity index (χ3v) is 4.55. The summed E-state index contributed by atoms with van der Waals surface area (Å²) in [7, 11) is 1.96. The molecule has 1 aliphatic rings. The summed E-state index contributed by atoms with van der Waals surface area (Å²) < 4.78 is 0. The molecule has 3 nitrogen and oxygen atoms in total. The molecule has 0 bridgehead atoms. The number of benzene rings is 1. The van der Waals surface area contributed by atoms with Gasteiger partial charge < -0.3 is 10.2 Å². The Morgan fingerprint density at radius 3 is 2.81 bits per heavy atom. The molecule has 1 fully saturated rings. The maximum Gasteiger partial charge on any atom is 0.255 e. The summed E-state index contributed by atoms with van der Waals surface area (Å²) in [6.07, 6.45) is 4.79. The molecule has 21 heavy (non-hydrogen) atoms. The highest BCUT2D eigenvalue weighted by Crippen LogP contribution is 2.28. The van der Waals surface area contributed by atoms with Crippen molar-refractivity contribution in [3.05, 3.63) is 29.3 Å². The Morgan fingerprint density at radius 2 is 2.14 bits per heavy atom. The van der Waals surface area contributed by atoms with Crippen LogP contribution in [0.4, 0.5) is 5.69 Å². The van der Waals surface area contributed by atoms with E-state index in [1.54, 1.807) is 0 Å². The maximum atomic E-state index is 12.8. The summed E-state index contributed by atoms with van der Waals surface area (Å²) in [5.41, 5.74) is 2.93. The standard InChI is InChI=1S/C18H28N2O/c1-5-19-17-12-14(3)9-10-16(17)18(21)20(4)15-8-6-7-13(2)11-15/h9-10,12-13,15,19H,5-8,11H2,1-4H3. The third kappa shape index (κ3) is 3.78. The molecule has 1 aliphatic carbocycles. The summed E-state index contributed by atoms with van der Waals surface area (Å²) in [5, 5.41) is 3.32. The molecule has 3 heteroatoms. The van der Waals surface area contributed by atoms with Gasteiger partial charge in [-0.25, -0.2) is 0 Å². The number of rotatable bonds is 4. The molecule has 0 aromatic heterocycles. The first-order chi connectivity index (χ1) is 10.0. The number of nitrogens with zero attached hydrogens (tertiary/aromatic N) is 1. The molecule has 0 radical (unpaired) electrons. The van der Waals surface area contributed by atoms with E-state index in [4.69, 9.17) is 0 Å². The number of anilines is 1.